The van der Waals surface area contributed by atoms with E-state index in [1.54, 1.807) is 0 Å². The number of hydrogen-bond donors (Lipinski definition) is 0. The molecule has 1 aliphatic heterocycles. The fourth-order valence-electron chi connectivity index (χ4n) is 3.19. The van der Waals surface area contributed by atoms with Gasteiger partial charge in [-0.15, -0.1) is 11.8 Å². The lowest BCUT2D eigenvalue weighted by Gasteiger charge is -2.35. The maximum absolute atomic E-state index is 5.98. The van der Waals surface area contributed by atoms with Crippen molar-refractivity contribution in [1.29, 1.82) is 0 Å². The average Bonchev–Trinajstić information content (AvgIpc) is 2.82. The number of hydrogen-bond acceptors (Lipinski definition) is 2. The summed E-state index contributed by atoms with van der Waals surface area (Å²) in [6.07, 6.45) is 2.20. The lowest BCUT2D eigenvalue weighted by atomic mass is 10.0. The Morgan fingerprint density at radius 1 is 1.04 bits per heavy atom. The second-order valence-electron chi connectivity index (χ2n) is 6.84. The van der Waals surface area contributed by atoms with E-state index < -0.39 is 0 Å². The maximum atomic E-state index is 5.98. The lowest BCUT2D eigenvalue weighted by molar-refractivity contribution is 0.145. The number of nitrogens with zero attached hydrogens (tertiary/aromatic N) is 1. The molecule has 0 spiro atoms. The van der Waals surface area contributed by atoms with Gasteiger partial charge in [0.2, 0.25) is 0 Å². The summed E-state index contributed by atoms with van der Waals surface area (Å²) in [6.45, 7) is 5.83. The third-order valence-electron chi connectivity index (χ3n) is 4.56. The molecular formula is C20H24ClNS. The van der Waals surface area contributed by atoms with Crippen LogP contribution in [0.4, 0.5) is 0 Å². The fourth-order valence-corrected chi connectivity index (χ4v) is 4.97. The zero-order valence-electron chi connectivity index (χ0n) is 13.8. The van der Waals surface area contributed by atoms with E-state index in [1.807, 2.05) is 12.1 Å². The van der Waals surface area contributed by atoms with Crippen molar-refractivity contribution in [1.82, 2.24) is 4.90 Å². The number of rotatable bonds is 5. The molecule has 1 saturated heterocycles. The van der Waals surface area contributed by atoms with Crippen molar-refractivity contribution in [2.24, 2.45) is 0 Å². The summed E-state index contributed by atoms with van der Waals surface area (Å²) < 4.78 is 0. The molecule has 0 radical (unpaired) electrons. The number of halogens is 1. The van der Waals surface area contributed by atoms with Gasteiger partial charge in [0, 0.05) is 22.9 Å². The molecule has 1 atom stereocenters. The van der Waals surface area contributed by atoms with Gasteiger partial charge in [-0.2, -0.15) is 0 Å². The summed E-state index contributed by atoms with van der Waals surface area (Å²) in [6, 6.07) is 19.1. The monoisotopic (exact) mass is 345 g/mol. The summed E-state index contributed by atoms with van der Waals surface area (Å²) in [4.78, 5) is 2.68. The lowest BCUT2D eigenvalue weighted by Crippen LogP contribution is -2.45. The summed E-state index contributed by atoms with van der Waals surface area (Å²) in [7, 11) is 0. The molecule has 0 aliphatic carbocycles. The Labute approximate surface area is 149 Å². The summed E-state index contributed by atoms with van der Waals surface area (Å²) in [5.74, 6) is 1.20. The Bertz CT molecular complexity index is 624. The summed E-state index contributed by atoms with van der Waals surface area (Å²) >= 11 is 8.08. The number of benzene rings is 2. The van der Waals surface area contributed by atoms with Gasteiger partial charge in [0.1, 0.15) is 0 Å². The third-order valence-corrected chi connectivity index (χ3v) is 6.49. The van der Waals surface area contributed by atoms with Gasteiger partial charge in [0.15, 0.2) is 0 Å². The Hall–Kier alpha value is -0.960. The van der Waals surface area contributed by atoms with Crippen LogP contribution in [0.2, 0.25) is 5.02 Å². The molecule has 0 bridgehead atoms. The van der Waals surface area contributed by atoms with Gasteiger partial charge in [-0.1, -0.05) is 54.1 Å². The largest absolute Gasteiger partial charge is 0.285 e. The van der Waals surface area contributed by atoms with E-state index in [-0.39, 0.29) is 5.54 Å². The van der Waals surface area contributed by atoms with Gasteiger partial charge < -0.3 is 0 Å². The smallest absolute Gasteiger partial charge is 0.0603 e. The highest BCUT2D eigenvalue weighted by Gasteiger charge is 2.39. The first-order valence-electron chi connectivity index (χ1n) is 8.21. The van der Waals surface area contributed by atoms with Gasteiger partial charge >= 0.3 is 0 Å². The zero-order valence-corrected chi connectivity index (χ0v) is 15.4. The van der Waals surface area contributed by atoms with E-state index in [1.165, 1.54) is 16.9 Å². The Morgan fingerprint density at radius 2 is 1.74 bits per heavy atom. The standard InChI is InChI=1S/C20H24ClNS/c1-20(2)15-23-19(14-17-6-4-3-5-7-17)22(20)13-12-16-8-10-18(21)11-9-16/h3-11,19H,12-15H2,1-2H3. The summed E-state index contributed by atoms with van der Waals surface area (Å²) in [5.41, 5.74) is 3.05. The molecule has 1 aliphatic rings. The molecule has 2 aromatic carbocycles. The molecule has 1 nitrogen and oxygen atoms in total. The molecule has 0 amide bonds. The average molecular weight is 346 g/mol. The van der Waals surface area contributed by atoms with Gasteiger partial charge in [-0.3, -0.25) is 4.90 Å². The van der Waals surface area contributed by atoms with Crippen LogP contribution in [0, 0.1) is 0 Å². The molecule has 1 heterocycles. The van der Waals surface area contributed by atoms with Crippen LogP contribution in [0.1, 0.15) is 25.0 Å². The molecule has 0 aromatic heterocycles. The number of thioether (sulfide) groups is 1. The van der Waals surface area contributed by atoms with Crippen LogP contribution in [0.3, 0.4) is 0 Å². The molecule has 2 aromatic rings. The van der Waals surface area contributed by atoms with Gasteiger partial charge in [-0.25, -0.2) is 0 Å². The van der Waals surface area contributed by atoms with Crippen molar-refractivity contribution in [3.8, 4) is 0 Å². The van der Waals surface area contributed by atoms with Crippen molar-refractivity contribution in [3.05, 3.63) is 70.7 Å². The highest BCUT2D eigenvalue weighted by atomic mass is 35.5. The van der Waals surface area contributed by atoms with E-state index in [0.29, 0.717) is 5.37 Å². The molecule has 0 N–H and O–H groups in total. The third kappa shape index (κ3) is 4.32. The summed E-state index contributed by atoms with van der Waals surface area (Å²) in [5, 5.41) is 1.38. The first-order valence-corrected chi connectivity index (χ1v) is 9.64. The predicted molar refractivity (Wildman–Crippen MR) is 102 cm³/mol. The zero-order chi connectivity index (χ0) is 16.3. The minimum absolute atomic E-state index is 0.260. The molecule has 23 heavy (non-hydrogen) atoms. The van der Waals surface area contributed by atoms with Crippen LogP contribution in [0.25, 0.3) is 0 Å². The second-order valence-corrected chi connectivity index (χ2v) is 8.44. The van der Waals surface area contributed by atoms with E-state index in [0.717, 1.165) is 24.4 Å². The molecule has 3 heteroatoms. The first kappa shape index (κ1) is 16.9. The molecular weight excluding hydrogens is 322 g/mol. The van der Waals surface area contributed by atoms with E-state index >= 15 is 0 Å². The Balaban J connectivity index is 1.67. The minimum atomic E-state index is 0.260. The van der Waals surface area contributed by atoms with Crippen molar-refractivity contribution >= 4 is 23.4 Å². The van der Waals surface area contributed by atoms with E-state index in [9.17, 15) is 0 Å². The SMILES string of the molecule is CC1(C)CSC(Cc2ccccc2)N1CCc1ccc(Cl)cc1. The minimum Gasteiger partial charge on any atom is -0.285 e. The Kier molecular flexibility index (Phi) is 5.35. The maximum Gasteiger partial charge on any atom is 0.0603 e. The van der Waals surface area contributed by atoms with E-state index in [4.69, 9.17) is 11.6 Å². The second kappa shape index (κ2) is 7.29. The fraction of sp³-hybridized carbons (Fsp3) is 0.400. The molecule has 1 fully saturated rings. The van der Waals surface area contributed by atoms with Crippen molar-refractivity contribution in [3.63, 3.8) is 0 Å². The van der Waals surface area contributed by atoms with Crippen molar-refractivity contribution in [2.45, 2.75) is 37.6 Å². The molecule has 3 rings (SSSR count). The van der Waals surface area contributed by atoms with Gasteiger partial charge in [0.05, 0.1) is 5.37 Å². The predicted octanol–water partition coefficient (Wildman–Crippen LogP) is 5.28. The van der Waals surface area contributed by atoms with Crippen LogP contribution in [0.5, 0.6) is 0 Å². The first-order chi connectivity index (χ1) is 11.0. The molecule has 122 valence electrons. The molecule has 1 unspecified atom stereocenters. The van der Waals surface area contributed by atoms with Crippen LogP contribution in [0.15, 0.2) is 54.6 Å². The van der Waals surface area contributed by atoms with Gasteiger partial charge in [0.25, 0.3) is 0 Å². The normalized spacial score (nSPS) is 20.7. The Morgan fingerprint density at radius 3 is 2.43 bits per heavy atom. The molecule has 0 saturated carbocycles. The van der Waals surface area contributed by atoms with Crippen LogP contribution in [-0.4, -0.2) is 28.1 Å². The van der Waals surface area contributed by atoms with Crippen LogP contribution >= 0.6 is 23.4 Å². The highest BCUT2D eigenvalue weighted by Crippen LogP contribution is 2.38. The van der Waals surface area contributed by atoms with Crippen molar-refractivity contribution < 1.29 is 0 Å². The quantitative estimate of drug-likeness (QED) is 0.725. The van der Waals surface area contributed by atoms with Crippen molar-refractivity contribution in [2.75, 3.05) is 12.3 Å². The highest BCUT2D eigenvalue weighted by molar-refractivity contribution is 8.00. The van der Waals surface area contributed by atoms with E-state index in [2.05, 4.69) is 73.0 Å². The topological polar surface area (TPSA) is 3.24 Å². The van der Waals surface area contributed by atoms with Gasteiger partial charge in [-0.05, 0) is 49.9 Å². The van der Waals surface area contributed by atoms with Crippen LogP contribution in [-0.2, 0) is 12.8 Å². The van der Waals surface area contributed by atoms with Crippen LogP contribution < -0.4 is 0 Å².